The first-order valence-corrected chi connectivity index (χ1v) is 5.26. The van der Waals surface area contributed by atoms with E-state index in [2.05, 4.69) is 5.92 Å². The van der Waals surface area contributed by atoms with Gasteiger partial charge >= 0.3 is 0 Å². The minimum atomic E-state index is -0.303. The molecule has 0 bridgehead atoms. The van der Waals surface area contributed by atoms with Gasteiger partial charge < -0.3 is 10.5 Å². The van der Waals surface area contributed by atoms with Crippen LogP contribution in [-0.4, -0.2) is 6.61 Å². The molecule has 0 aromatic heterocycles. The number of rotatable bonds is 5. The monoisotopic (exact) mass is 221 g/mol. The first-order valence-electron chi connectivity index (χ1n) is 5.26. The molecule has 0 saturated carbocycles. The molecule has 2 N–H and O–H groups in total. The number of ether oxygens (including phenoxy) is 1. The number of benzene rings is 1. The van der Waals surface area contributed by atoms with Gasteiger partial charge in [-0.25, -0.2) is 4.39 Å². The second kappa shape index (κ2) is 6.14. The highest BCUT2D eigenvalue weighted by Crippen LogP contribution is 2.24. The van der Waals surface area contributed by atoms with Crippen LogP contribution in [0.15, 0.2) is 18.2 Å². The van der Waals surface area contributed by atoms with Gasteiger partial charge in [-0.15, -0.1) is 12.3 Å². The average molecular weight is 221 g/mol. The van der Waals surface area contributed by atoms with E-state index in [4.69, 9.17) is 16.9 Å². The lowest BCUT2D eigenvalue weighted by Crippen LogP contribution is -2.09. The Bertz CT molecular complexity index is 382. The number of halogens is 1. The van der Waals surface area contributed by atoms with E-state index in [-0.39, 0.29) is 11.9 Å². The quantitative estimate of drug-likeness (QED) is 0.612. The van der Waals surface area contributed by atoms with E-state index in [0.717, 1.165) is 6.42 Å². The summed E-state index contributed by atoms with van der Waals surface area (Å²) in [5.41, 5.74) is 6.42. The largest absolute Gasteiger partial charge is 0.493 e. The zero-order chi connectivity index (χ0) is 12.0. The van der Waals surface area contributed by atoms with Crippen LogP contribution in [0.4, 0.5) is 4.39 Å². The number of hydrogen-bond acceptors (Lipinski definition) is 2. The molecule has 0 aliphatic rings. The van der Waals surface area contributed by atoms with E-state index in [1.807, 2.05) is 0 Å². The molecule has 0 spiro atoms. The van der Waals surface area contributed by atoms with Crippen molar-refractivity contribution >= 4 is 0 Å². The van der Waals surface area contributed by atoms with Crippen molar-refractivity contribution in [3.63, 3.8) is 0 Å². The summed E-state index contributed by atoms with van der Waals surface area (Å²) in [5, 5.41) is 0. The van der Waals surface area contributed by atoms with Gasteiger partial charge in [0.2, 0.25) is 0 Å². The maximum atomic E-state index is 13.0. The van der Waals surface area contributed by atoms with Crippen LogP contribution in [0, 0.1) is 18.2 Å². The van der Waals surface area contributed by atoms with Gasteiger partial charge in [0, 0.05) is 18.0 Å². The van der Waals surface area contributed by atoms with Crippen molar-refractivity contribution in [1.82, 2.24) is 0 Å². The van der Waals surface area contributed by atoms with Crippen LogP contribution in [0.25, 0.3) is 0 Å². The summed E-state index contributed by atoms with van der Waals surface area (Å²) >= 11 is 0. The predicted octanol–water partition coefficient (Wildman–Crippen LogP) is 2.64. The summed E-state index contributed by atoms with van der Waals surface area (Å²) in [6.45, 7) is 2.32. The van der Waals surface area contributed by atoms with Crippen molar-refractivity contribution in [3.8, 4) is 18.1 Å². The van der Waals surface area contributed by atoms with Gasteiger partial charge in [-0.05, 0) is 31.5 Å². The topological polar surface area (TPSA) is 35.2 Å². The Morgan fingerprint density at radius 2 is 2.31 bits per heavy atom. The van der Waals surface area contributed by atoms with Crippen LogP contribution >= 0.6 is 0 Å². The third-order valence-corrected chi connectivity index (χ3v) is 2.19. The third-order valence-electron chi connectivity index (χ3n) is 2.19. The highest BCUT2D eigenvalue weighted by Gasteiger charge is 2.09. The van der Waals surface area contributed by atoms with Crippen LogP contribution in [0.1, 0.15) is 31.4 Å². The van der Waals surface area contributed by atoms with Crippen LogP contribution in [0.2, 0.25) is 0 Å². The van der Waals surface area contributed by atoms with E-state index in [1.165, 1.54) is 12.1 Å². The molecule has 0 aliphatic carbocycles. The molecule has 1 atom stereocenters. The molecular weight excluding hydrogens is 205 g/mol. The molecule has 0 saturated heterocycles. The highest BCUT2D eigenvalue weighted by molar-refractivity contribution is 5.36. The molecule has 2 nitrogen and oxygen atoms in total. The highest BCUT2D eigenvalue weighted by atomic mass is 19.1. The summed E-state index contributed by atoms with van der Waals surface area (Å²) in [6.07, 6.45) is 6.59. The molecule has 1 aromatic rings. The summed E-state index contributed by atoms with van der Waals surface area (Å²) in [7, 11) is 0. The smallest absolute Gasteiger partial charge is 0.124 e. The molecule has 0 heterocycles. The predicted molar refractivity (Wildman–Crippen MR) is 62.6 cm³/mol. The lowest BCUT2D eigenvalue weighted by Gasteiger charge is -2.13. The summed E-state index contributed by atoms with van der Waals surface area (Å²) in [5.74, 6) is 2.87. The Labute approximate surface area is 95.6 Å². The fourth-order valence-electron chi connectivity index (χ4n) is 1.36. The molecule has 0 fully saturated rings. The molecule has 1 aromatic carbocycles. The van der Waals surface area contributed by atoms with Gasteiger partial charge in [0.15, 0.2) is 0 Å². The van der Waals surface area contributed by atoms with Crippen molar-refractivity contribution < 1.29 is 9.13 Å². The lowest BCUT2D eigenvalue weighted by molar-refractivity contribution is 0.307. The number of terminal acetylenes is 1. The Kier molecular flexibility index (Phi) is 4.81. The fraction of sp³-hybridized carbons (Fsp3) is 0.385. The minimum Gasteiger partial charge on any atom is -0.493 e. The second-order valence-electron chi connectivity index (χ2n) is 3.63. The number of nitrogens with two attached hydrogens (primary N) is 1. The molecule has 0 aliphatic heterocycles. The maximum absolute atomic E-state index is 13.0. The average Bonchev–Trinajstić information content (AvgIpc) is 2.26. The van der Waals surface area contributed by atoms with Crippen LogP contribution < -0.4 is 10.5 Å². The van der Waals surface area contributed by atoms with E-state index in [1.54, 1.807) is 13.0 Å². The second-order valence-corrected chi connectivity index (χ2v) is 3.63. The van der Waals surface area contributed by atoms with Crippen molar-refractivity contribution in [1.29, 1.82) is 0 Å². The summed E-state index contributed by atoms with van der Waals surface area (Å²) in [6, 6.07) is 4.12. The Morgan fingerprint density at radius 3 is 2.94 bits per heavy atom. The van der Waals surface area contributed by atoms with Crippen LogP contribution in [-0.2, 0) is 0 Å². The van der Waals surface area contributed by atoms with Gasteiger partial charge in [0.25, 0.3) is 0 Å². The first kappa shape index (κ1) is 12.5. The van der Waals surface area contributed by atoms with Gasteiger partial charge in [0.1, 0.15) is 11.6 Å². The van der Waals surface area contributed by atoms with Crippen molar-refractivity contribution in [2.75, 3.05) is 6.61 Å². The Balaban J connectivity index is 2.68. The third kappa shape index (κ3) is 3.56. The molecule has 16 heavy (non-hydrogen) atoms. The van der Waals surface area contributed by atoms with Crippen molar-refractivity contribution in [2.24, 2.45) is 5.73 Å². The number of hydrogen-bond donors (Lipinski definition) is 1. The zero-order valence-electron chi connectivity index (χ0n) is 9.37. The molecule has 0 amide bonds. The molecule has 1 rings (SSSR count). The Morgan fingerprint density at radius 1 is 1.56 bits per heavy atom. The number of unbranched alkanes of at least 4 members (excludes halogenated alkanes) is 1. The van der Waals surface area contributed by atoms with E-state index in [0.29, 0.717) is 24.3 Å². The molecule has 3 heteroatoms. The Hall–Kier alpha value is -1.53. The first-order chi connectivity index (χ1) is 7.65. The summed E-state index contributed by atoms with van der Waals surface area (Å²) in [4.78, 5) is 0. The standard InChI is InChI=1S/C13H16FNO/c1-3-4-5-8-16-13-7-6-11(14)9-12(13)10(2)15/h1,6-7,9-10H,4-5,8,15H2,2H3/t10-/m0/s1. The van der Waals surface area contributed by atoms with Gasteiger partial charge in [-0.2, -0.15) is 0 Å². The van der Waals surface area contributed by atoms with Crippen LogP contribution in [0.3, 0.4) is 0 Å². The molecule has 0 unspecified atom stereocenters. The van der Waals surface area contributed by atoms with E-state index < -0.39 is 0 Å². The lowest BCUT2D eigenvalue weighted by atomic mass is 10.1. The van der Waals surface area contributed by atoms with E-state index in [9.17, 15) is 4.39 Å². The maximum Gasteiger partial charge on any atom is 0.124 e. The van der Waals surface area contributed by atoms with Crippen molar-refractivity contribution in [2.45, 2.75) is 25.8 Å². The molecular formula is C13H16FNO. The zero-order valence-corrected chi connectivity index (χ0v) is 9.37. The summed E-state index contributed by atoms with van der Waals surface area (Å²) < 4.78 is 18.5. The fourth-order valence-corrected chi connectivity index (χ4v) is 1.36. The minimum absolute atomic E-state index is 0.252. The van der Waals surface area contributed by atoms with Gasteiger partial charge in [0.05, 0.1) is 6.61 Å². The normalized spacial score (nSPS) is 11.9. The van der Waals surface area contributed by atoms with E-state index >= 15 is 0 Å². The van der Waals surface area contributed by atoms with Gasteiger partial charge in [-0.3, -0.25) is 0 Å². The van der Waals surface area contributed by atoms with Crippen LogP contribution in [0.5, 0.6) is 5.75 Å². The SMILES string of the molecule is C#CCCCOc1ccc(F)cc1[C@H](C)N. The molecule has 0 radical (unpaired) electrons. The molecule has 86 valence electrons. The van der Waals surface area contributed by atoms with Crippen molar-refractivity contribution in [3.05, 3.63) is 29.6 Å². The van der Waals surface area contributed by atoms with Gasteiger partial charge in [-0.1, -0.05) is 0 Å².